The van der Waals surface area contributed by atoms with Crippen molar-refractivity contribution in [2.75, 3.05) is 13.1 Å². The molecular formula is C25H29N3O3S2. The average Bonchev–Trinajstić information content (AvgIpc) is 3.43. The van der Waals surface area contributed by atoms with E-state index in [9.17, 15) is 9.59 Å². The van der Waals surface area contributed by atoms with E-state index < -0.39 is 11.7 Å². The number of carbonyl (C=O) groups excluding carboxylic acids is 2. The summed E-state index contributed by atoms with van der Waals surface area (Å²) in [4.78, 5) is 34.0. The Morgan fingerprint density at radius 3 is 2.48 bits per heavy atom. The first-order valence-corrected chi connectivity index (χ1v) is 12.8. The molecule has 2 aromatic heterocycles. The fraction of sp³-hybridized carbons (Fsp3) is 0.400. The van der Waals surface area contributed by atoms with Crippen molar-refractivity contribution in [3.8, 4) is 21.1 Å². The molecule has 1 N–H and O–H groups in total. The van der Waals surface area contributed by atoms with Crippen LogP contribution in [0.1, 0.15) is 38.5 Å². The highest BCUT2D eigenvalue weighted by molar-refractivity contribution is 7.17. The molecule has 0 saturated carbocycles. The third-order valence-corrected chi connectivity index (χ3v) is 7.33. The molecule has 1 aromatic carbocycles. The second-order valence-electron chi connectivity index (χ2n) is 9.11. The summed E-state index contributed by atoms with van der Waals surface area (Å²) in [6, 6.07) is 14.2. The summed E-state index contributed by atoms with van der Waals surface area (Å²) in [5, 5.41) is 5.89. The molecule has 6 nitrogen and oxygen atoms in total. The van der Waals surface area contributed by atoms with E-state index >= 15 is 0 Å². The second-order valence-corrected chi connectivity index (χ2v) is 11.1. The molecule has 0 bridgehead atoms. The van der Waals surface area contributed by atoms with Crippen molar-refractivity contribution in [2.24, 2.45) is 0 Å². The quantitative estimate of drug-likeness (QED) is 0.513. The summed E-state index contributed by atoms with van der Waals surface area (Å²) in [6.07, 6.45) is 1.38. The number of hydrogen-bond acceptors (Lipinski definition) is 6. The lowest BCUT2D eigenvalue weighted by molar-refractivity contribution is -0.131. The summed E-state index contributed by atoms with van der Waals surface area (Å²) in [5.74, 6) is 0.104. The maximum atomic E-state index is 13.1. The third kappa shape index (κ3) is 6.21. The molecule has 2 amide bonds. The topological polar surface area (TPSA) is 71.5 Å². The molecule has 0 atom stereocenters. The monoisotopic (exact) mass is 483 g/mol. The number of carbonyl (C=O) groups is 2. The average molecular weight is 484 g/mol. The first kappa shape index (κ1) is 23.4. The van der Waals surface area contributed by atoms with Gasteiger partial charge in [-0.3, -0.25) is 4.79 Å². The van der Waals surface area contributed by atoms with E-state index in [4.69, 9.17) is 9.72 Å². The van der Waals surface area contributed by atoms with Crippen LogP contribution in [0.5, 0.6) is 0 Å². The van der Waals surface area contributed by atoms with Crippen LogP contribution >= 0.6 is 22.7 Å². The van der Waals surface area contributed by atoms with Gasteiger partial charge in [-0.2, -0.15) is 0 Å². The van der Waals surface area contributed by atoms with Gasteiger partial charge in [-0.15, -0.1) is 22.7 Å². The minimum absolute atomic E-state index is 0.0265. The van der Waals surface area contributed by atoms with Gasteiger partial charge in [0.1, 0.15) is 10.6 Å². The number of benzene rings is 1. The van der Waals surface area contributed by atoms with Crippen molar-refractivity contribution in [2.45, 2.75) is 51.7 Å². The molecule has 1 aliphatic heterocycles. The van der Waals surface area contributed by atoms with Gasteiger partial charge in [-0.1, -0.05) is 36.4 Å². The van der Waals surface area contributed by atoms with Gasteiger partial charge >= 0.3 is 6.09 Å². The van der Waals surface area contributed by atoms with Crippen LogP contribution < -0.4 is 5.32 Å². The lowest BCUT2D eigenvalue weighted by atomic mass is 10.0. The highest BCUT2D eigenvalue weighted by Gasteiger charge is 2.27. The normalized spacial score (nSPS) is 14.8. The molecule has 8 heteroatoms. The van der Waals surface area contributed by atoms with Crippen molar-refractivity contribution in [1.82, 2.24) is 15.2 Å². The van der Waals surface area contributed by atoms with Gasteiger partial charge in [0.05, 0.1) is 17.0 Å². The second kappa shape index (κ2) is 10.1. The Morgan fingerprint density at radius 2 is 1.85 bits per heavy atom. The standard InChI is InChI=1S/C25H29N3O3S2/c1-25(2,3)31-24(30)26-18-11-13-28(14-12-18)21(29)16-20-22(19-10-7-15-32-19)27-23(33-20)17-8-5-4-6-9-17/h4-10,15,18H,11-14,16H2,1-3H3,(H,26,30). The van der Waals surface area contributed by atoms with Crippen LogP contribution in [0.4, 0.5) is 4.79 Å². The summed E-state index contributed by atoms with van der Waals surface area (Å²) in [5.41, 5.74) is 1.45. The summed E-state index contributed by atoms with van der Waals surface area (Å²) in [7, 11) is 0. The van der Waals surface area contributed by atoms with Crippen LogP contribution in [0, 0.1) is 0 Å². The SMILES string of the molecule is CC(C)(C)OC(=O)NC1CCN(C(=O)Cc2sc(-c3ccccc3)nc2-c2cccs2)CC1. The van der Waals surface area contributed by atoms with E-state index in [1.54, 1.807) is 22.7 Å². The molecule has 3 aromatic rings. The number of alkyl carbamates (subject to hydrolysis) is 1. The van der Waals surface area contributed by atoms with E-state index in [0.29, 0.717) is 19.5 Å². The number of piperidine rings is 1. The molecule has 3 heterocycles. The minimum Gasteiger partial charge on any atom is -0.444 e. The first-order valence-electron chi connectivity index (χ1n) is 11.1. The highest BCUT2D eigenvalue weighted by atomic mass is 32.1. The first-order chi connectivity index (χ1) is 15.8. The Balaban J connectivity index is 1.41. The summed E-state index contributed by atoms with van der Waals surface area (Å²) in [6.45, 7) is 6.79. The zero-order valence-electron chi connectivity index (χ0n) is 19.2. The lowest BCUT2D eigenvalue weighted by Gasteiger charge is -2.33. The summed E-state index contributed by atoms with van der Waals surface area (Å²) < 4.78 is 5.35. The zero-order valence-corrected chi connectivity index (χ0v) is 20.8. The molecule has 0 aliphatic carbocycles. The van der Waals surface area contributed by atoms with Crippen molar-refractivity contribution in [3.05, 3.63) is 52.7 Å². The molecule has 0 spiro atoms. The Morgan fingerprint density at radius 1 is 1.12 bits per heavy atom. The molecule has 0 radical (unpaired) electrons. The van der Waals surface area contributed by atoms with Crippen LogP contribution in [0.15, 0.2) is 47.8 Å². The predicted octanol–water partition coefficient (Wildman–Crippen LogP) is 5.60. The Hall–Kier alpha value is -2.71. The number of ether oxygens (including phenoxy) is 1. The Bertz CT molecular complexity index is 1080. The van der Waals surface area contributed by atoms with E-state index in [2.05, 4.69) is 11.4 Å². The van der Waals surface area contributed by atoms with Gasteiger partial charge < -0.3 is 15.0 Å². The van der Waals surface area contributed by atoms with E-state index in [0.717, 1.165) is 38.9 Å². The number of amides is 2. The number of thiophene rings is 1. The minimum atomic E-state index is -0.519. The Kier molecular flexibility index (Phi) is 7.14. The molecular weight excluding hydrogens is 454 g/mol. The molecule has 1 fully saturated rings. The molecule has 0 unspecified atom stereocenters. The van der Waals surface area contributed by atoms with Gasteiger partial charge in [-0.05, 0) is 45.1 Å². The number of likely N-dealkylation sites (tertiary alicyclic amines) is 1. The van der Waals surface area contributed by atoms with Crippen molar-refractivity contribution in [1.29, 1.82) is 0 Å². The van der Waals surface area contributed by atoms with Crippen LogP contribution in [-0.2, 0) is 16.0 Å². The van der Waals surface area contributed by atoms with Gasteiger partial charge in [-0.25, -0.2) is 9.78 Å². The zero-order chi connectivity index (χ0) is 23.4. The van der Waals surface area contributed by atoms with Crippen LogP contribution in [-0.4, -0.2) is 46.6 Å². The smallest absolute Gasteiger partial charge is 0.407 e. The fourth-order valence-corrected chi connectivity index (χ4v) is 5.66. The van der Waals surface area contributed by atoms with Gasteiger partial charge in [0.2, 0.25) is 5.91 Å². The molecule has 4 rings (SSSR count). The van der Waals surface area contributed by atoms with Gasteiger partial charge in [0.15, 0.2) is 0 Å². The largest absolute Gasteiger partial charge is 0.444 e. The van der Waals surface area contributed by atoms with Crippen LogP contribution in [0.25, 0.3) is 21.1 Å². The van der Waals surface area contributed by atoms with Crippen molar-refractivity contribution < 1.29 is 14.3 Å². The maximum absolute atomic E-state index is 13.1. The predicted molar refractivity (Wildman–Crippen MR) is 134 cm³/mol. The van der Waals surface area contributed by atoms with E-state index in [1.165, 1.54) is 0 Å². The number of nitrogens with one attached hydrogen (secondary N) is 1. The highest BCUT2D eigenvalue weighted by Crippen LogP contribution is 2.36. The number of nitrogens with zero attached hydrogens (tertiary/aromatic N) is 2. The fourth-order valence-electron chi connectivity index (χ4n) is 3.78. The van der Waals surface area contributed by atoms with Crippen LogP contribution in [0.3, 0.4) is 0 Å². The lowest BCUT2D eigenvalue weighted by Crippen LogP contribution is -2.47. The van der Waals surface area contributed by atoms with Crippen LogP contribution in [0.2, 0.25) is 0 Å². The van der Waals surface area contributed by atoms with Gasteiger partial charge in [0, 0.05) is 29.6 Å². The van der Waals surface area contributed by atoms with E-state index in [1.807, 2.05) is 67.4 Å². The van der Waals surface area contributed by atoms with Crippen molar-refractivity contribution in [3.63, 3.8) is 0 Å². The maximum Gasteiger partial charge on any atom is 0.407 e. The summed E-state index contributed by atoms with van der Waals surface area (Å²) >= 11 is 3.23. The molecule has 33 heavy (non-hydrogen) atoms. The number of hydrogen-bond donors (Lipinski definition) is 1. The number of aromatic nitrogens is 1. The number of rotatable bonds is 5. The molecule has 1 aliphatic rings. The van der Waals surface area contributed by atoms with E-state index in [-0.39, 0.29) is 11.9 Å². The molecule has 1 saturated heterocycles. The Labute approximate surface area is 202 Å². The van der Waals surface area contributed by atoms with Gasteiger partial charge in [0.25, 0.3) is 0 Å². The number of thiazole rings is 1. The molecule has 174 valence electrons. The van der Waals surface area contributed by atoms with Crippen molar-refractivity contribution >= 4 is 34.7 Å². The third-order valence-electron chi connectivity index (χ3n) is 5.35.